The first-order valence-electron chi connectivity index (χ1n) is 12.3. The number of benzene rings is 1. The van der Waals surface area contributed by atoms with Crippen LogP contribution in [0.3, 0.4) is 0 Å². The van der Waals surface area contributed by atoms with Crippen LogP contribution in [-0.2, 0) is 9.47 Å². The van der Waals surface area contributed by atoms with E-state index in [2.05, 4.69) is 30.8 Å². The molecule has 3 unspecified atom stereocenters. The second-order valence-electron chi connectivity index (χ2n) is 9.75. The van der Waals surface area contributed by atoms with E-state index in [4.69, 9.17) is 14.5 Å². The summed E-state index contributed by atoms with van der Waals surface area (Å²) >= 11 is 1.64. The summed E-state index contributed by atoms with van der Waals surface area (Å²) in [6, 6.07) is 7.18. The lowest BCUT2D eigenvalue weighted by molar-refractivity contribution is -0.0579. The summed E-state index contributed by atoms with van der Waals surface area (Å²) < 4.78 is 24.7. The second kappa shape index (κ2) is 12.2. The lowest BCUT2D eigenvalue weighted by atomic mass is 9.72. The Hall–Kier alpha value is -1.80. The van der Waals surface area contributed by atoms with Gasteiger partial charge in [-0.1, -0.05) is 25.5 Å². The number of aliphatic imine (C=N–C) groups is 1. The third kappa shape index (κ3) is 6.06. The molecule has 1 aliphatic carbocycles. The molecule has 0 spiro atoms. The smallest absolute Gasteiger partial charge is 0.438 e. The number of nitrogens with zero attached hydrogens (tertiary/aromatic N) is 3. The number of halogens is 1. The third-order valence-electron chi connectivity index (χ3n) is 7.25. The van der Waals surface area contributed by atoms with Crippen LogP contribution in [0, 0.1) is 17.7 Å². The van der Waals surface area contributed by atoms with Gasteiger partial charge in [0, 0.05) is 12.6 Å². The van der Waals surface area contributed by atoms with E-state index in [9.17, 15) is 9.18 Å². The normalized spacial score (nSPS) is 27.7. The van der Waals surface area contributed by atoms with Crippen molar-refractivity contribution >= 4 is 24.3 Å². The van der Waals surface area contributed by atoms with Gasteiger partial charge in [-0.15, -0.1) is 0 Å². The third-order valence-corrected chi connectivity index (χ3v) is 7.95. The summed E-state index contributed by atoms with van der Waals surface area (Å²) in [6.07, 6.45) is 9.49. The molecule has 3 rings (SSSR count). The summed E-state index contributed by atoms with van der Waals surface area (Å²) in [5, 5.41) is 0. The minimum Gasteiger partial charge on any atom is -0.438 e. The van der Waals surface area contributed by atoms with Crippen LogP contribution in [0.1, 0.15) is 57.1 Å². The quantitative estimate of drug-likeness (QED) is 0.396. The van der Waals surface area contributed by atoms with Gasteiger partial charge in [0.2, 0.25) is 5.72 Å². The molecule has 0 aromatic heterocycles. The molecule has 1 heterocycles. The molecule has 1 aliphatic heterocycles. The Bertz CT molecular complexity index is 831. The van der Waals surface area contributed by atoms with Gasteiger partial charge < -0.3 is 19.3 Å². The molecule has 0 radical (unpaired) electrons. The van der Waals surface area contributed by atoms with E-state index in [-0.39, 0.29) is 17.9 Å². The van der Waals surface area contributed by atoms with E-state index in [0.29, 0.717) is 17.6 Å². The molecule has 0 amide bonds. The van der Waals surface area contributed by atoms with Crippen molar-refractivity contribution in [1.82, 2.24) is 9.80 Å². The maximum absolute atomic E-state index is 14.0. The zero-order chi connectivity index (χ0) is 24.7. The average Bonchev–Trinajstić information content (AvgIpc) is 3.15. The van der Waals surface area contributed by atoms with Gasteiger partial charge in [0.05, 0.1) is 25.2 Å². The van der Waals surface area contributed by atoms with Gasteiger partial charge in [0.15, 0.2) is 0 Å². The SMILES string of the molecule is CCCCN1C=NC(CSC)(OC(=O)OC)C1C1CCC(C(c2cccc(F)c2)N(C)C)CC1. The van der Waals surface area contributed by atoms with Gasteiger partial charge in [-0.05, 0) is 82.0 Å². The van der Waals surface area contributed by atoms with Gasteiger partial charge in [0.25, 0.3) is 0 Å². The van der Waals surface area contributed by atoms with E-state index in [0.717, 1.165) is 50.6 Å². The second-order valence-corrected chi connectivity index (χ2v) is 10.6. The topological polar surface area (TPSA) is 54.4 Å². The highest BCUT2D eigenvalue weighted by molar-refractivity contribution is 7.98. The van der Waals surface area contributed by atoms with Crippen LogP contribution >= 0.6 is 11.8 Å². The molecule has 6 nitrogen and oxygen atoms in total. The van der Waals surface area contributed by atoms with Crippen LogP contribution in [0.25, 0.3) is 0 Å². The molecule has 0 saturated heterocycles. The highest BCUT2D eigenvalue weighted by Crippen LogP contribution is 2.45. The van der Waals surface area contributed by atoms with Crippen LogP contribution in [0.15, 0.2) is 29.3 Å². The standard InChI is InChI=1S/C26H40FN3O3S/c1-6-7-15-30-18-28-26(17-34-5,33-25(31)32-4)24(30)20-13-11-19(12-14-20)23(29(2)3)21-9-8-10-22(27)16-21/h8-10,16,18-20,23-24H,6-7,11-15,17H2,1-5H3. The minimum atomic E-state index is -0.929. The summed E-state index contributed by atoms with van der Waals surface area (Å²) in [6.45, 7) is 3.08. The van der Waals surface area contributed by atoms with E-state index in [1.807, 2.05) is 18.7 Å². The van der Waals surface area contributed by atoms with Crippen LogP contribution in [0.4, 0.5) is 9.18 Å². The molecule has 34 heavy (non-hydrogen) atoms. The number of carbonyl (C=O) groups is 1. The van der Waals surface area contributed by atoms with Crippen molar-refractivity contribution in [2.45, 2.75) is 63.3 Å². The first kappa shape index (κ1) is 26.8. The van der Waals surface area contributed by atoms with Gasteiger partial charge in [-0.3, -0.25) is 0 Å². The lowest BCUT2D eigenvalue weighted by Gasteiger charge is -2.44. The van der Waals surface area contributed by atoms with Gasteiger partial charge in [-0.25, -0.2) is 14.2 Å². The Morgan fingerprint density at radius 1 is 1.32 bits per heavy atom. The fourth-order valence-electron chi connectivity index (χ4n) is 5.85. The molecular formula is C26H40FN3O3S. The fraction of sp³-hybridized carbons (Fsp3) is 0.692. The number of hydrogen-bond acceptors (Lipinski definition) is 7. The molecule has 2 aliphatic rings. The maximum atomic E-state index is 14.0. The Kier molecular flexibility index (Phi) is 9.65. The maximum Gasteiger partial charge on any atom is 0.510 e. The first-order chi connectivity index (χ1) is 16.3. The Labute approximate surface area is 208 Å². The van der Waals surface area contributed by atoms with Crippen molar-refractivity contribution in [1.29, 1.82) is 0 Å². The molecule has 8 heteroatoms. The van der Waals surface area contributed by atoms with Crippen LogP contribution in [0.2, 0.25) is 0 Å². The summed E-state index contributed by atoms with van der Waals surface area (Å²) in [5.74, 6) is 1.20. The number of ether oxygens (including phenoxy) is 2. The molecule has 0 bridgehead atoms. The number of carbonyl (C=O) groups excluding carboxylic acids is 1. The zero-order valence-corrected chi connectivity index (χ0v) is 22.0. The van der Waals surface area contributed by atoms with Crippen molar-refractivity contribution in [2.75, 3.05) is 39.8 Å². The summed E-state index contributed by atoms with van der Waals surface area (Å²) in [5.41, 5.74) is 0.106. The number of methoxy groups -OCH3 is 1. The Morgan fingerprint density at radius 2 is 2.06 bits per heavy atom. The number of unbranched alkanes of at least 4 members (excludes halogenated alkanes) is 1. The molecule has 190 valence electrons. The van der Waals surface area contributed by atoms with E-state index < -0.39 is 11.9 Å². The highest BCUT2D eigenvalue weighted by Gasteiger charge is 2.53. The molecule has 1 aromatic rings. The predicted molar refractivity (Wildman–Crippen MR) is 137 cm³/mol. The molecule has 1 saturated carbocycles. The molecule has 1 aromatic carbocycles. The van der Waals surface area contributed by atoms with Crippen LogP contribution in [-0.4, -0.2) is 73.8 Å². The summed E-state index contributed by atoms with van der Waals surface area (Å²) in [7, 11) is 5.50. The Morgan fingerprint density at radius 3 is 2.65 bits per heavy atom. The molecule has 1 fully saturated rings. The van der Waals surface area contributed by atoms with Crippen molar-refractivity contribution in [3.63, 3.8) is 0 Å². The first-order valence-corrected chi connectivity index (χ1v) is 13.7. The lowest BCUT2D eigenvalue weighted by Crippen LogP contribution is -2.55. The van der Waals surface area contributed by atoms with Crippen molar-refractivity contribution in [3.8, 4) is 0 Å². The summed E-state index contributed by atoms with van der Waals surface area (Å²) in [4.78, 5) is 21.5. The monoisotopic (exact) mass is 493 g/mol. The van der Waals surface area contributed by atoms with Gasteiger partial charge in [-0.2, -0.15) is 11.8 Å². The number of thioether (sulfide) groups is 1. The highest BCUT2D eigenvalue weighted by atomic mass is 32.2. The van der Waals surface area contributed by atoms with Crippen molar-refractivity contribution < 1.29 is 18.7 Å². The van der Waals surface area contributed by atoms with E-state index in [1.165, 1.54) is 13.2 Å². The molecule has 3 atom stereocenters. The Balaban J connectivity index is 1.80. The van der Waals surface area contributed by atoms with Crippen molar-refractivity contribution in [3.05, 3.63) is 35.6 Å². The van der Waals surface area contributed by atoms with Crippen molar-refractivity contribution in [2.24, 2.45) is 16.8 Å². The van der Waals surface area contributed by atoms with Crippen LogP contribution in [0.5, 0.6) is 0 Å². The van der Waals surface area contributed by atoms with E-state index >= 15 is 0 Å². The van der Waals surface area contributed by atoms with Crippen LogP contribution < -0.4 is 0 Å². The number of rotatable bonds is 10. The van der Waals surface area contributed by atoms with E-state index in [1.54, 1.807) is 23.9 Å². The number of hydrogen-bond donors (Lipinski definition) is 0. The zero-order valence-electron chi connectivity index (χ0n) is 21.2. The minimum absolute atomic E-state index is 0.00136. The van der Waals surface area contributed by atoms with Gasteiger partial charge in [0.1, 0.15) is 5.82 Å². The average molecular weight is 494 g/mol. The fourth-order valence-corrected chi connectivity index (χ4v) is 6.56. The predicted octanol–water partition coefficient (Wildman–Crippen LogP) is 5.59. The van der Waals surface area contributed by atoms with Gasteiger partial charge >= 0.3 is 6.16 Å². The molecular weight excluding hydrogens is 453 g/mol. The molecule has 0 N–H and O–H groups in total. The largest absolute Gasteiger partial charge is 0.510 e.